The number of ether oxygens (including phenoxy) is 1. The van der Waals surface area contributed by atoms with Gasteiger partial charge in [0, 0.05) is 42.7 Å². The summed E-state index contributed by atoms with van der Waals surface area (Å²) in [6.45, 7) is 0.529. The normalized spacial score (nSPS) is 10.7. The number of anilines is 2. The lowest BCUT2D eigenvalue weighted by atomic mass is 10.2. The van der Waals surface area contributed by atoms with Crippen molar-refractivity contribution in [1.29, 1.82) is 0 Å². The van der Waals surface area contributed by atoms with Crippen LogP contribution in [0.4, 0.5) is 10.8 Å². The molecule has 5 rings (SSSR count). The van der Waals surface area contributed by atoms with Crippen molar-refractivity contribution in [1.82, 2.24) is 14.5 Å². The van der Waals surface area contributed by atoms with Crippen molar-refractivity contribution in [2.45, 2.75) is 13.0 Å². The first-order chi connectivity index (χ1) is 17.1. The largest absolute Gasteiger partial charge is 0.457 e. The molecule has 2 N–H and O–H groups in total. The number of carbonyl (C=O) groups is 2. The van der Waals surface area contributed by atoms with Gasteiger partial charge in [-0.25, -0.2) is 9.97 Å². The summed E-state index contributed by atoms with van der Waals surface area (Å²) in [6.07, 6.45) is 5.44. The Morgan fingerprint density at radius 2 is 1.83 bits per heavy atom. The molecule has 0 saturated heterocycles. The second-order valence-corrected chi connectivity index (χ2v) is 8.73. The Morgan fingerprint density at radius 1 is 0.943 bits per heavy atom. The Kier molecular flexibility index (Phi) is 6.49. The molecule has 2 aromatic heterocycles. The molecular formula is C26H21N5O3S. The molecule has 35 heavy (non-hydrogen) atoms. The average molecular weight is 484 g/mol. The summed E-state index contributed by atoms with van der Waals surface area (Å²) in [5.41, 5.74) is 1.75. The third kappa shape index (κ3) is 5.71. The molecule has 2 heterocycles. The minimum Gasteiger partial charge on any atom is -0.457 e. The minimum atomic E-state index is -0.306. The Labute approximate surface area is 205 Å². The molecule has 2 amide bonds. The van der Waals surface area contributed by atoms with Gasteiger partial charge >= 0.3 is 0 Å². The van der Waals surface area contributed by atoms with Crippen LogP contribution in [-0.2, 0) is 11.3 Å². The number of aromatic nitrogens is 3. The number of carbonyl (C=O) groups excluding carboxylic acids is 2. The van der Waals surface area contributed by atoms with E-state index in [1.54, 1.807) is 43.0 Å². The van der Waals surface area contributed by atoms with E-state index < -0.39 is 0 Å². The maximum absolute atomic E-state index is 12.8. The third-order valence-electron chi connectivity index (χ3n) is 5.12. The van der Waals surface area contributed by atoms with Crippen LogP contribution in [0.5, 0.6) is 11.5 Å². The van der Waals surface area contributed by atoms with Crippen molar-refractivity contribution in [2.75, 3.05) is 10.6 Å². The molecule has 5 aromatic rings. The second kappa shape index (κ2) is 10.2. The number of thiazole rings is 1. The Hall–Kier alpha value is -4.50. The van der Waals surface area contributed by atoms with Crippen LogP contribution >= 0.6 is 11.3 Å². The molecule has 0 aliphatic carbocycles. The van der Waals surface area contributed by atoms with Gasteiger partial charge in [0.2, 0.25) is 5.91 Å². The zero-order valence-corrected chi connectivity index (χ0v) is 19.4. The molecule has 9 heteroatoms. The monoisotopic (exact) mass is 483 g/mol. The number of fused-ring (bicyclic) bond motifs is 1. The van der Waals surface area contributed by atoms with E-state index in [1.165, 1.54) is 11.3 Å². The Morgan fingerprint density at radius 3 is 2.66 bits per heavy atom. The second-order valence-electron chi connectivity index (χ2n) is 7.70. The van der Waals surface area contributed by atoms with E-state index in [0.29, 0.717) is 35.1 Å². The van der Waals surface area contributed by atoms with Gasteiger partial charge in [0.1, 0.15) is 11.5 Å². The average Bonchev–Trinajstić information content (AvgIpc) is 3.53. The van der Waals surface area contributed by atoms with Crippen LogP contribution in [0.3, 0.4) is 0 Å². The fraction of sp³-hybridized carbons (Fsp3) is 0.0769. The van der Waals surface area contributed by atoms with E-state index in [-0.39, 0.29) is 11.8 Å². The molecule has 0 bridgehead atoms. The number of aryl methyl sites for hydroxylation is 1. The van der Waals surface area contributed by atoms with E-state index in [0.717, 1.165) is 16.0 Å². The zero-order valence-electron chi connectivity index (χ0n) is 18.5. The summed E-state index contributed by atoms with van der Waals surface area (Å²) in [5, 5.41) is 6.16. The fourth-order valence-electron chi connectivity index (χ4n) is 3.43. The SMILES string of the molecule is O=C(CCn1ccnc1)Nc1cccc(C(=O)Nc2nc3ccc(Oc4ccccc4)cc3s2)c1. The van der Waals surface area contributed by atoms with Crippen LogP contribution in [0.15, 0.2) is 91.5 Å². The van der Waals surface area contributed by atoms with Crippen molar-refractivity contribution in [2.24, 2.45) is 0 Å². The van der Waals surface area contributed by atoms with Gasteiger partial charge in [-0.2, -0.15) is 0 Å². The van der Waals surface area contributed by atoms with Gasteiger partial charge in [0.15, 0.2) is 5.13 Å². The molecule has 0 radical (unpaired) electrons. The van der Waals surface area contributed by atoms with Crippen LogP contribution in [0.1, 0.15) is 16.8 Å². The van der Waals surface area contributed by atoms with Crippen LogP contribution in [0, 0.1) is 0 Å². The van der Waals surface area contributed by atoms with E-state index in [9.17, 15) is 9.59 Å². The number of hydrogen-bond donors (Lipinski definition) is 2. The van der Waals surface area contributed by atoms with Gasteiger partial charge in [-0.05, 0) is 42.5 Å². The van der Waals surface area contributed by atoms with Crippen LogP contribution in [0.25, 0.3) is 10.2 Å². The first-order valence-electron chi connectivity index (χ1n) is 10.9. The van der Waals surface area contributed by atoms with E-state index in [1.807, 2.05) is 53.1 Å². The summed E-state index contributed by atoms with van der Waals surface area (Å²) in [7, 11) is 0. The number of rotatable bonds is 8. The van der Waals surface area contributed by atoms with Gasteiger partial charge in [0.25, 0.3) is 5.91 Å². The molecule has 0 spiro atoms. The van der Waals surface area contributed by atoms with Crippen LogP contribution in [-0.4, -0.2) is 26.3 Å². The predicted molar refractivity (Wildman–Crippen MR) is 136 cm³/mol. The summed E-state index contributed by atoms with van der Waals surface area (Å²) in [4.78, 5) is 33.5. The molecular weight excluding hydrogens is 462 g/mol. The number of para-hydroxylation sites is 1. The smallest absolute Gasteiger partial charge is 0.257 e. The Balaban J connectivity index is 1.22. The highest BCUT2D eigenvalue weighted by atomic mass is 32.1. The number of amides is 2. The predicted octanol–water partition coefficient (Wildman–Crippen LogP) is 5.57. The van der Waals surface area contributed by atoms with Crippen molar-refractivity contribution in [3.63, 3.8) is 0 Å². The number of nitrogens with zero attached hydrogens (tertiary/aromatic N) is 3. The lowest BCUT2D eigenvalue weighted by Gasteiger charge is -2.08. The molecule has 0 fully saturated rings. The van der Waals surface area contributed by atoms with Gasteiger partial charge < -0.3 is 14.6 Å². The van der Waals surface area contributed by atoms with Crippen LogP contribution in [0.2, 0.25) is 0 Å². The van der Waals surface area contributed by atoms with Crippen molar-refractivity contribution < 1.29 is 14.3 Å². The van der Waals surface area contributed by atoms with Crippen molar-refractivity contribution in [3.05, 3.63) is 97.1 Å². The molecule has 0 unspecified atom stereocenters. The number of imidazole rings is 1. The van der Waals surface area contributed by atoms with Gasteiger partial charge in [-0.15, -0.1) is 0 Å². The van der Waals surface area contributed by atoms with Crippen molar-refractivity contribution in [3.8, 4) is 11.5 Å². The van der Waals surface area contributed by atoms with Crippen LogP contribution < -0.4 is 15.4 Å². The highest BCUT2D eigenvalue weighted by molar-refractivity contribution is 7.22. The first-order valence-corrected chi connectivity index (χ1v) is 11.7. The quantitative estimate of drug-likeness (QED) is 0.301. The molecule has 0 atom stereocenters. The standard InChI is InChI=1S/C26H21N5O3S/c32-24(11-13-31-14-12-27-17-31)28-19-6-4-5-18(15-19)25(33)30-26-29-22-10-9-21(16-23(22)35-26)34-20-7-2-1-3-8-20/h1-10,12,14-17H,11,13H2,(H,28,32)(H,29,30,33). The molecule has 174 valence electrons. The number of nitrogens with one attached hydrogen (secondary N) is 2. The van der Waals surface area contributed by atoms with Crippen molar-refractivity contribution >= 4 is 44.2 Å². The van der Waals surface area contributed by atoms with E-state index in [2.05, 4.69) is 20.6 Å². The Bertz CT molecular complexity index is 1470. The maximum Gasteiger partial charge on any atom is 0.257 e. The lowest BCUT2D eigenvalue weighted by Crippen LogP contribution is -2.15. The highest BCUT2D eigenvalue weighted by Crippen LogP contribution is 2.31. The molecule has 0 aliphatic heterocycles. The topological polar surface area (TPSA) is 98.1 Å². The van der Waals surface area contributed by atoms with Gasteiger partial charge in [-0.3, -0.25) is 14.9 Å². The zero-order chi connectivity index (χ0) is 24.0. The summed E-state index contributed by atoms with van der Waals surface area (Å²) in [5.74, 6) is 0.996. The molecule has 8 nitrogen and oxygen atoms in total. The highest BCUT2D eigenvalue weighted by Gasteiger charge is 2.12. The third-order valence-corrected chi connectivity index (χ3v) is 6.06. The first kappa shape index (κ1) is 22.3. The maximum atomic E-state index is 12.8. The summed E-state index contributed by atoms with van der Waals surface area (Å²) in [6, 6.07) is 21.9. The summed E-state index contributed by atoms with van der Waals surface area (Å²) < 4.78 is 8.61. The van der Waals surface area contributed by atoms with Gasteiger partial charge in [0.05, 0.1) is 16.5 Å². The van der Waals surface area contributed by atoms with E-state index >= 15 is 0 Å². The van der Waals surface area contributed by atoms with E-state index in [4.69, 9.17) is 4.74 Å². The summed E-state index contributed by atoms with van der Waals surface area (Å²) >= 11 is 1.36. The number of hydrogen-bond acceptors (Lipinski definition) is 6. The molecule has 0 saturated carbocycles. The minimum absolute atomic E-state index is 0.143. The fourth-order valence-corrected chi connectivity index (χ4v) is 4.32. The molecule has 3 aromatic carbocycles. The number of benzene rings is 3. The lowest BCUT2D eigenvalue weighted by molar-refractivity contribution is -0.116. The molecule has 0 aliphatic rings. The van der Waals surface area contributed by atoms with Gasteiger partial charge in [-0.1, -0.05) is 35.6 Å².